The normalized spacial score (nSPS) is 11.1. The zero-order valence-electron chi connectivity index (χ0n) is 11.6. The van der Waals surface area contributed by atoms with Crippen molar-refractivity contribution in [3.05, 3.63) is 40.1 Å². The Morgan fingerprint density at radius 2 is 2.05 bits per heavy atom. The molecule has 0 atom stereocenters. The van der Waals surface area contributed by atoms with Gasteiger partial charge in [0.1, 0.15) is 5.75 Å². The molecule has 0 radical (unpaired) electrons. The summed E-state index contributed by atoms with van der Waals surface area (Å²) in [4.78, 5) is 7.10. The van der Waals surface area contributed by atoms with Gasteiger partial charge >= 0.3 is 0 Å². The minimum atomic E-state index is 0.541. The first kappa shape index (κ1) is 13.0. The Kier molecular flexibility index (Phi) is 3.36. The summed E-state index contributed by atoms with van der Waals surface area (Å²) >= 11 is 1.83. The first-order valence-corrected chi connectivity index (χ1v) is 7.40. The Balaban J connectivity index is 2.00. The predicted molar refractivity (Wildman–Crippen MR) is 83.5 cm³/mol. The lowest BCUT2D eigenvalue weighted by molar-refractivity contribution is 0.415. The second-order valence-corrected chi connectivity index (χ2v) is 5.89. The van der Waals surface area contributed by atoms with Gasteiger partial charge in [0.25, 0.3) is 0 Å². The average Bonchev–Trinajstić information content (AvgIpc) is 3.04. The first-order chi connectivity index (χ1) is 9.71. The molecule has 3 rings (SSSR count). The second kappa shape index (κ2) is 5.17. The standard InChI is InChI=1S/C15H17N3OS/c1-3-11-5-6-12(20-11)9-18-14-7-4-10(19-2)8-13(14)17-15(18)16/h4-8H,3,9H2,1-2H3,(H2,16,17). The number of benzene rings is 1. The summed E-state index contributed by atoms with van der Waals surface area (Å²) in [5.41, 5.74) is 7.95. The van der Waals surface area contributed by atoms with Crippen LogP contribution in [0.3, 0.4) is 0 Å². The molecule has 0 amide bonds. The number of methoxy groups -OCH3 is 1. The predicted octanol–water partition coefficient (Wildman–Crippen LogP) is 3.30. The number of nitrogen functional groups attached to an aromatic ring is 1. The molecule has 4 nitrogen and oxygen atoms in total. The van der Waals surface area contributed by atoms with E-state index in [1.165, 1.54) is 9.75 Å². The van der Waals surface area contributed by atoms with E-state index in [-0.39, 0.29) is 0 Å². The fourth-order valence-corrected chi connectivity index (χ4v) is 3.22. The molecule has 5 heteroatoms. The van der Waals surface area contributed by atoms with Crippen LogP contribution in [0.15, 0.2) is 30.3 Å². The molecule has 0 aliphatic rings. The van der Waals surface area contributed by atoms with E-state index in [1.54, 1.807) is 7.11 Å². The lowest BCUT2D eigenvalue weighted by atomic mass is 10.3. The fraction of sp³-hybridized carbons (Fsp3) is 0.267. The number of aromatic nitrogens is 2. The number of aryl methyl sites for hydroxylation is 1. The van der Waals surface area contributed by atoms with Crippen LogP contribution in [0.1, 0.15) is 16.7 Å². The summed E-state index contributed by atoms with van der Waals surface area (Å²) in [5.74, 6) is 1.34. The zero-order valence-corrected chi connectivity index (χ0v) is 12.4. The van der Waals surface area contributed by atoms with Gasteiger partial charge in [0, 0.05) is 15.8 Å². The number of hydrogen-bond donors (Lipinski definition) is 1. The maximum atomic E-state index is 6.05. The molecule has 1 aromatic carbocycles. The highest BCUT2D eigenvalue weighted by atomic mass is 32.1. The topological polar surface area (TPSA) is 53.1 Å². The summed E-state index contributed by atoms with van der Waals surface area (Å²) in [6.45, 7) is 2.93. The average molecular weight is 287 g/mol. The molecule has 0 spiro atoms. The number of nitrogens with zero attached hydrogens (tertiary/aromatic N) is 2. The Morgan fingerprint density at radius 1 is 1.25 bits per heavy atom. The van der Waals surface area contributed by atoms with Crippen molar-refractivity contribution in [3.63, 3.8) is 0 Å². The number of thiophene rings is 1. The molecule has 0 aliphatic heterocycles. The smallest absolute Gasteiger partial charge is 0.201 e. The van der Waals surface area contributed by atoms with Crippen molar-refractivity contribution in [2.24, 2.45) is 0 Å². The summed E-state index contributed by atoms with van der Waals surface area (Å²) in [6, 6.07) is 10.2. The van der Waals surface area contributed by atoms with Gasteiger partial charge in [0.05, 0.1) is 24.7 Å². The summed E-state index contributed by atoms with van der Waals surface area (Å²) < 4.78 is 7.26. The van der Waals surface area contributed by atoms with E-state index in [1.807, 2.05) is 34.1 Å². The van der Waals surface area contributed by atoms with Crippen molar-refractivity contribution in [1.82, 2.24) is 9.55 Å². The van der Waals surface area contributed by atoms with Crippen LogP contribution >= 0.6 is 11.3 Å². The van der Waals surface area contributed by atoms with Gasteiger partial charge in [-0.3, -0.25) is 0 Å². The van der Waals surface area contributed by atoms with Crippen LogP contribution in [0.4, 0.5) is 5.95 Å². The van der Waals surface area contributed by atoms with Crippen molar-refractivity contribution in [1.29, 1.82) is 0 Å². The number of hydrogen-bond acceptors (Lipinski definition) is 4. The van der Waals surface area contributed by atoms with Gasteiger partial charge in [-0.15, -0.1) is 11.3 Å². The number of ether oxygens (including phenoxy) is 1. The van der Waals surface area contributed by atoms with Crippen LogP contribution in [0, 0.1) is 0 Å². The lowest BCUT2D eigenvalue weighted by Crippen LogP contribution is -2.03. The van der Waals surface area contributed by atoms with E-state index >= 15 is 0 Å². The summed E-state index contributed by atoms with van der Waals surface area (Å²) in [6.07, 6.45) is 1.07. The first-order valence-electron chi connectivity index (χ1n) is 6.58. The molecular formula is C15H17N3OS. The quantitative estimate of drug-likeness (QED) is 0.801. The maximum Gasteiger partial charge on any atom is 0.201 e. The van der Waals surface area contributed by atoms with E-state index < -0.39 is 0 Å². The summed E-state index contributed by atoms with van der Waals surface area (Å²) in [7, 11) is 1.65. The molecule has 20 heavy (non-hydrogen) atoms. The Morgan fingerprint density at radius 3 is 2.75 bits per heavy atom. The third-order valence-corrected chi connectivity index (χ3v) is 4.58. The summed E-state index contributed by atoms with van der Waals surface area (Å²) in [5, 5.41) is 0. The van der Waals surface area contributed by atoms with Gasteiger partial charge < -0.3 is 15.0 Å². The molecule has 2 N–H and O–H groups in total. The molecule has 0 bridgehead atoms. The minimum absolute atomic E-state index is 0.541. The van der Waals surface area contributed by atoms with Crippen LogP contribution in [0.5, 0.6) is 5.75 Å². The van der Waals surface area contributed by atoms with Crippen LogP contribution in [-0.4, -0.2) is 16.7 Å². The monoisotopic (exact) mass is 287 g/mol. The van der Waals surface area contributed by atoms with Gasteiger partial charge in [-0.05, 0) is 30.7 Å². The molecule has 0 fully saturated rings. The zero-order chi connectivity index (χ0) is 14.1. The Hall–Kier alpha value is -2.01. The number of rotatable bonds is 4. The number of anilines is 1. The highest BCUT2D eigenvalue weighted by Gasteiger charge is 2.10. The fourth-order valence-electron chi connectivity index (χ4n) is 2.27. The van der Waals surface area contributed by atoms with E-state index in [4.69, 9.17) is 10.5 Å². The SMILES string of the molecule is CCc1ccc(Cn2c(N)nc3cc(OC)ccc32)s1. The van der Waals surface area contributed by atoms with E-state index in [0.29, 0.717) is 5.95 Å². The van der Waals surface area contributed by atoms with E-state index in [2.05, 4.69) is 24.0 Å². The van der Waals surface area contributed by atoms with Crippen molar-refractivity contribution < 1.29 is 4.74 Å². The number of fused-ring (bicyclic) bond motifs is 1. The molecule has 2 aromatic heterocycles. The van der Waals surface area contributed by atoms with Gasteiger partial charge in [-0.1, -0.05) is 6.92 Å². The molecule has 0 saturated heterocycles. The largest absolute Gasteiger partial charge is 0.497 e. The van der Waals surface area contributed by atoms with Crippen LogP contribution in [-0.2, 0) is 13.0 Å². The van der Waals surface area contributed by atoms with Crippen molar-refractivity contribution in [3.8, 4) is 5.75 Å². The third-order valence-electron chi connectivity index (χ3n) is 3.36. The Labute approximate surface area is 121 Å². The van der Waals surface area contributed by atoms with Crippen molar-refractivity contribution in [2.75, 3.05) is 12.8 Å². The number of nitrogens with two attached hydrogens (primary N) is 1. The van der Waals surface area contributed by atoms with Gasteiger partial charge in [0.15, 0.2) is 0 Å². The molecule has 0 saturated carbocycles. The van der Waals surface area contributed by atoms with Gasteiger partial charge in [0.2, 0.25) is 5.95 Å². The maximum absolute atomic E-state index is 6.05. The Bertz CT molecular complexity index is 745. The molecule has 3 aromatic rings. The highest BCUT2D eigenvalue weighted by molar-refractivity contribution is 7.11. The highest BCUT2D eigenvalue weighted by Crippen LogP contribution is 2.25. The van der Waals surface area contributed by atoms with Crippen LogP contribution < -0.4 is 10.5 Å². The molecular weight excluding hydrogens is 270 g/mol. The lowest BCUT2D eigenvalue weighted by Gasteiger charge is -2.05. The second-order valence-electron chi connectivity index (χ2n) is 4.63. The molecule has 104 valence electrons. The van der Waals surface area contributed by atoms with Gasteiger partial charge in [-0.2, -0.15) is 0 Å². The van der Waals surface area contributed by atoms with E-state index in [0.717, 1.165) is 29.7 Å². The molecule has 0 aliphatic carbocycles. The van der Waals surface area contributed by atoms with E-state index in [9.17, 15) is 0 Å². The molecule has 2 heterocycles. The van der Waals surface area contributed by atoms with Crippen LogP contribution in [0.25, 0.3) is 11.0 Å². The number of imidazole rings is 1. The van der Waals surface area contributed by atoms with Crippen molar-refractivity contribution >= 4 is 28.3 Å². The van der Waals surface area contributed by atoms with Crippen molar-refractivity contribution in [2.45, 2.75) is 19.9 Å². The third kappa shape index (κ3) is 2.25. The minimum Gasteiger partial charge on any atom is -0.497 e. The van der Waals surface area contributed by atoms with Gasteiger partial charge in [-0.25, -0.2) is 4.98 Å². The van der Waals surface area contributed by atoms with Crippen LogP contribution in [0.2, 0.25) is 0 Å². The molecule has 0 unspecified atom stereocenters.